The van der Waals surface area contributed by atoms with Gasteiger partial charge in [-0.3, -0.25) is 4.79 Å². The summed E-state index contributed by atoms with van der Waals surface area (Å²) in [6, 6.07) is 9.71. The highest BCUT2D eigenvalue weighted by Crippen LogP contribution is 2.23. The number of aryl methyl sites for hydroxylation is 2. The molecule has 1 aromatic heterocycles. The molecule has 0 saturated heterocycles. The summed E-state index contributed by atoms with van der Waals surface area (Å²) in [6.07, 6.45) is 0.432. The second-order valence-electron chi connectivity index (χ2n) is 4.12. The monoisotopic (exact) mass is 264 g/mol. The molecular weight excluding hydrogens is 252 g/mol. The molecule has 0 unspecified atom stereocenters. The minimum absolute atomic E-state index is 0.157. The van der Waals surface area contributed by atoms with Crippen LogP contribution in [-0.2, 0) is 6.42 Å². The van der Waals surface area contributed by atoms with Crippen LogP contribution in [0.4, 0.5) is 0 Å². The van der Waals surface area contributed by atoms with Crippen LogP contribution in [-0.4, -0.2) is 5.78 Å². The molecule has 0 bridgehead atoms. The van der Waals surface area contributed by atoms with Crippen molar-refractivity contribution < 1.29 is 4.79 Å². The van der Waals surface area contributed by atoms with Crippen molar-refractivity contribution in [2.24, 2.45) is 0 Å². The summed E-state index contributed by atoms with van der Waals surface area (Å²) < 4.78 is 0.730. The fourth-order valence-corrected chi connectivity index (χ4v) is 2.82. The minimum Gasteiger partial charge on any atom is -0.294 e. The average molecular weight is 265 g/mol. The van der Waals surface area contributed by atoms with E-state index in [0.29, 0.717) is 6.42 Å². The third kappa shape index (κ3) is 2.96. The lowest BCUT2D eigenvalue weighted by Gasteiger charge is -2.05. The Balaban J connectivity index is 2.22. The Morgan fingerprint density at radius 3 is 2.65 bits per heavy atom. The third-order valence-corrected chi connectivity index (χ3v) is 3.89. The van der Waals surface area contributed by atoms with Gasteiger partial charge in [-0.1, -0.05) is 29.3 Å². The molecule has 0 N–H and O–H groups in total. The molecule has 0 spiro atoms. The SMILES string of the molecule is Cc1ccc(C)c(C(=O)Cc2ccc(Cl)s2)c1. The minimum atomic E-state index is 0.157. The summed E-state index contributed by atoms with van der Waals surface area (Å²) in [4.78, 5) is 13.2. The molecule has 1 nitrogen and oxygen atoms in total. The summed E-state index contributed by atoms with van der Waals surface area (Å²) in [5.74, 6) is 0.157. The molecule has 0 fully saturated rings. The molecule has 0 atom stereocenters. The van der Waals surface area contributed by atoms with Crippen LogP contribution in [0, 0.1) is 13.8 Å². The quantitative estimate of drug-likeness (QED) is 0.749. The fraction of sp³-hybridized carbons (Fsp3) is 0.214. The maximum Gasteiger partial charge on any atom is 0.168 e. The van der Waals surface area contributed by atoms with E-state index in [-0.39, 0.29) is 5.78 Å². The molecule has 0 saturated carbocycles. The molecule has 88 valence electrons. The van der Waals surface area contributed by atoms with Gasteiger partial charge in [0.25, 0.3) is 0 Å². The first-order valence-electron chi connectivity index (χ1n) is 5.41. The highest BCUT2D eigenvalue weighted by molar-refractivity contribution is 7.16. The zero-order valence-corrected chi connectivity index (χ0v) is 11.4. The first-order chi connectivity index (χ1) is 8.06. The van der Waals surface area contributed by atoms with Crippen molar-refractivity contribution in [3.63, 3.8) is 0 Å². The van der Waals surface area contributed by atoms with Gasteiger partial charge in [0.2, 0.25) is 0 Å². The van der Waals surface area contributed by atoms with Crippen molar-refractivity contribution in [3.05, 3.63) is 56.2 Å². The van der Waals surface area contributed by atoms with E-state index in [9.17, 15) is 4.79 Å². The molecule has 0 aliphatic heterocycles. The van der Waals surface area contributed by atoms with Crippen LogP contribution in [0.1, 0.15) is 26.4 Å². The van der Waals surface area contributed by atoms with Gasteiger partial charge < -0.3 is 0 Å². The van der Waals surface area contributed by atoms with Crippen molar-refractivity contribution in [3.8, 4) is 0 Å². The molecule has 2 aromatic rings. The molecule has 0 aliphatic carbocycles. The highest BCUT2D eigenvalue weighted by atomic mass is 35.5. The van der Waals surface area contributed by atoms with E-state index in [2.05, 4.69) is 0 Å². The van der Waals surface area contributed by atoms with Crippen molar-refractivity contribution in [1.29, 1.82) is 0 Å². The van der Waals surface area contributed by atoms with Gasteiger partial charge in [0.1, 0.15) is 0 Å². The third-order valence-electron chi connectivity index (χ3n) is 2.66. The number of ketones is 1. The number of halogens is 1. The number of carbonyl (C=O) groups excluding carboxylic acids is 1. The van der Waals surface area contributed by atoms with Gasteiger partial charge in [-0.15, -0.1) is 11.3 Å². The Morgan fingerprint density at radius 1 is 1.24 bits per heavy atom. The lowest BCUT2D eigenvalue weighted by molar-refractivity contribution is 0.0993. The van der Waals surface area contributed by atoms with Gasteiger partial charge in [-0.25, -0.2) is 0 Å². The van der Waals surface area contributed by atoms with Crippen molar-refractivity contribution >= 4 is 28.7 Å². The smallest absolute Gasteiger partial charge is 0.168 e. The maximum atomic E-state index is 12.2. The molecule has 1 heterocycles. The summed E-state index contributed by atoms with van der Waals surface area (Å²) in [6.45, 7) is 3.96. The molecule has 0 amide bonds. The topological polar surface area (TPSA) is 17.1 Å². The zero-order valence-electron chi connectivity index (χ0n) is 9.79. The van der Waals surface area contributed by atoms with Gasteiger partial charge in [0, 0.05) is 16.9 Å². The average Bonchev–Trinajstić information content (AvgIpc) is 2.67. The van der Waals surface area contributed by atoms with Crippen LogP contribution in [0.5, 0.6) is 0 Å². The Bertz CT molecular complexity index is 557. The Hall–Kier alpha value is -1.12. The van der Waals surface area contributed by atoms with Gasteiger partial charge in [-0.2, -0.15) is 0 Å². The number of hydrogen-bond donors (Lipinski definition) is 0. The Labute approximate surface area is 110 Å². The molecular formula is C14H13ClOS. The zero-order chi connectivity index (χ0) is 12.4. The molecule has 0 aliphatic rings. The largest absolute Gasteiger partial charge is 0.294 e. The van der Waals surface area contributed by atoms with Gasteiger partial charge in [0.15, 0.2) is 5.78 Å². The Morgan fingerprint density at radius 2 is 2.00 bits per heavy atom. The number of Topliss-reactive ketones (excluding diaryl/α,β-unsaturated/α-hetero) is 1. The van der Waals surface area contributed by atoms with E-state index in [1.54, 1.807) is 0 Å². The first-order valence-corrected chi connectivity index (χ1v) is 6.60. The molecule has 3 heteroatoms. The number of carbonyl (C=O) groups is 1. The molecule has 17 heavy (non-hydrogen) atoms. The van der Waals surface area contributed by atoms with Gasteiger partial charge in [0.05, 0.1) is 4.34 Å². The van der Waals surface area contributed by atoms with Gasteiger partial charge in [-0.05, 0) is 37.6 Å². The van der Waals surface area contributed by atoms with Crippen LogP contribution >= 0.6 is 22.9 Å². The van der Waals surface area contributed by atoms with Crippen LogP contribution in [0.15, 0.2) is 30.3 Å². The summed E-state index contributed by atoms with van der Waals surface area (Å²) in [5.41, 5.74) is 2.96. The maximum absolute atomic E-state index is 12.2. The van der Waals surface area contributed by atoms with Crippen LogP contribution < -0.4 is 0 Å². The van der Waals surface area contributed by atoms with Crippen LogP contribution in [0.2, 0.25) is 4.34 Å². The van der Waals surface area contributed by atoms with Crippen molar-refractivity contribution in [2.75, 3.05) is 0 Å². The molecule has 1 aromatic carbocycles. The normalized spacial score (nSPS) is 10.5. The lowest BCUT2D eigenvalue weighted by atomic mass is 10.00. The second kappa shape index (κ2) is 5.03. The molecule has 0 radical (unpaired) electrons. The van der Waals surface area contributed by atoms with Crippen molar-refractivity contribution in [1.82, 2.24) is 0 Å². The second-order valence-corrected chi connectivity index (χ2v) is 5.92. The standard InChI is InChI=1S/C14H13ClOS/c1-9-3-4-10(2)12(7-9)13(16)8-11-5-6-14(15)17-11/h3-7H,8H2,1-2H3. The van der Waals surface area contributed by atoms with E-state index in [1.807, 2.05) is 44.2 Å². The van der Waals surface area contributed by atoms with E-state index in [4.69, 9.17) is 11.6 Å². The lowest BCUT2D eigenvalue weighted by Crippen LogP contribution is -2.04. The number of thiophene rings is 1. The van der Waals surface area contributed by atoms with Crippen molar-refractivity contribution in [2.45, 2.75) is 20.3 Å². The van der Waals surface area contributed by atoms with E-state index in [1.165, 1.54) is 11.3 Å². The predicted molar refractivity (Wildman–Crippen MR) is 73.3 cm³/mol. The van der Waals surface area contributed by atoms with Crippen LogP contribution in [0.3, 0.4) is 0 Å². The summed E-state index contributed by atoms with van der Waals surface area (Å²) >= 11 is 7.32. The first kappa shape index (κ1) is 12.3. The number of hydrogen-bond acceptors (Lipinski definition) is 2. The predicted octanol–water partition coefficient (Wildman–Crippen LogP) is 4.44. The number of benzene rings is 1. The Kier molecular flexibility index (Phi) is 3.65. The van der Waals surface area contributed by atoms with Gasteiger partial charge >= 0.3 is 0 Å². The van der Waals surface area contributed by atoms with E-state index >= 15 is 0 Å². The number of rotatable bonds is 3. The summed E-state index contributed by atoms with van der Waals surface area (Å²) in [7, 11) is 0. The summed E-state index contributed by atoms with van der Waals surface area (Å²) in [5, 5.41) is 0. The van der Waals surface area contributed by atoms with E-state index < -0.39 is 0 Å². The molecule has 2 rings (SSSR count). The fourth-order valence-electron chi connectivity index (χ4n) is 1.74. The highest BCUT2D eigenvalue weighted by Gasteiger charge is 2.11. The van der Waals surface area contributed by atoms with Crippen LogP contribution in [0.25, 0.3) is 0 Å². The van der Waals surface area contributed by atoms with E-state index in [0.717, 1.165) is 25.9 Å².